The van der Waals surface area contributed by atoms with E-state index >= 15 is 0 Å². The first-order valence-electron chi connectivity index (χ1n) is 6.29. The molecule has 0 saturated carbocycles. The third-order valence-electron chi connectivity index (χ3n) is 2.92. The standard InChI is InChI=1S/C13H13N5OS2/c1-3-5-18-8(2)16-17-13(18)21-7-10-14-9-4-6-20-11(9)12(19)15-10/h3-4,6H,1,5,7H2,2H3,(H,14,15,19). The fourth-order valence-corrected chi connectivity index (χ4v) is 3.52. The van der Waals surface area contributed by atoms with Crippen LogP contribution in [0.2, 0.25) is 0 Å². The van der Waals surface area contributed by atoms with Gasteiger partial charge in [-0.15, -0.1) is 28.1 Å². The zero-order chi connectivity index (χ0) is 14.8. The highest BCUT2D eigenvalue weighted by molar-refractivity contribution is 7.98. The van der Waals surface area contributed by atoms with E-state index in [1.165, 1.54) is 23.1 Å². The van der Waals surface area contributed by atoms with E-state index in [0.717, 1.165) is 16.5 Å². The number of aryl methyl sites for hydroxylation is 1. The second-order valence-electron chi connectivity index (χ2n) is 4.37. The number of hydrogen-bond acceptors (Lipinski definition) is 6. The lowest BCUT2D eigenvalue weighted by Gasteiger charge is -2.04. The van der Waals surface area contributed by atoms with Gasteiger partial charge in [0.05, 0.1) is 11.3 Å². The maximum atomic E-state index is 11.9. The van der Waals surface area contributed by atoms with Gasteiger partial charge < -0.3 is 9.55 Å². The number of nitrogens with one attached hydrogen (secondary N) is 1. The Labute approximate surface area is 128 Å². The molecule has 3 aromatic heterocycles. The van der Waals surface area contributed by atoms with Gasteiger partial charge in [0, 0.05) is 6.54 Å². The molecule has 3 rings (SSSR count). The van der Waals surface area contributed by atoms with Crippen LogP contribution in [-0.2, 0) is 12.3 Å². The molecule has 0 fully saturated rings. The normalized spacial score (nSPS) is 11.1. The number of fused-ring (bicyclic) bond motifs is 1. The molecule has 0 unspecified atom stereocenters. The minimum atomic E-state index is -0.0886. The van der Waals surface area contributed by atoms with Crippen molar-refractivity contribution in [1.82, 2.24) is 24.7 Å². The molecule has 0 aliphatic rings. The van der Waals surface area contributed by atoms with Gasteiger partial charge in [0.15, 0.2) is 5.16 Å². The minimum Gasteiger partial charge on any atom is -0.309 e. The zero-order valence-electron chi connectivity index (χ0n) is 11.4. The van der Waals surface area contributed by atoms with Crippen molar-refractivity contribution in [1.29, 1.82) is 0 Å². The molecule has 108 valence electrons. The van der Waals surface area contributed by atoms with Crippen LogP contribution in [0.25, 0.3) is 10.2 Å². The lowest BCUT2D eigenvalue weighted by molar-refractivity contribution is 0.703. The smallest absolute Gasteiger partial charge is 0.268 e. The van der Waals surface area contributed by atoms with Crippen LogP contribution >= 0.6 is 23.1 Å². The van der Waals surface area contributed by atoms with E-state index < -0.39 is 0 Å². The van der Waals surface area contributed by atoms with Gasteiger partial charge in [-0.2, -0.15) is 0 Å². The maximum absolute atomic E-state index is 11.9. The molecular formula is C13H13N5OS2. The number of allylic oxidation sites excluding steroid dienone is 1. The molecule has 21 heavy (non-hydrogen) atoms. The molecule has 3 aromatic rings. The highest BCUT2D eigenvalue weighted by Crippen LogP contribution is 2.21. The molecule has 3 heterocycles. The van der Waals surface area contributed by atoms with Gasteiger partial charge in [-0.05, 0) is 18.4 Å². The quantitative estimate of drug-likeness (QED) is 0.577. The Morgan fingerprint density at radius 3 is 3.19 bits per heavy atom. The van der Waals surface area contributed by atoms with Gasteiger partial charge in [0.1, 0.15) is 16.3 Å². The number of aromatic amines is 1. The molecule has 1 N–H and O–H groups in total. The van der Waals surface area contributed by atoms with Gasteiger partial charge in [-0.25, -0.2) is 4.98 Å². The first-order chi connectivity index (χ1) is 10.2. The summed E-state index contributed by atoms with van der Waals surface area (Å²) in [5, 5.41) is 10.9. The molecule has 0 bridgehead atoms. The van der Waals surface area contributed by atoms with Gasteiger partial charge in [0.25, 0.3) is 5.56 Å². The third-order valence-corrected chi connectivity index (χ3v) is 4.80. The second-order valence-corrected chi connectivity index (χ2v) is 6.22. The van der Waals surface area contributed by atoms with Crippen LogP contribution in [0.1, 0.15) is 11.6 Å². The molecule has 0 aliphatic carbocycles. The van der Waals surface area contributed by atoms with E-state index in [0.29, 0.717) is 22.8 Å². The number of thioether (sulfide) groups is 1. The van der Waals surface area contributed by atoms with Crippen molar-refractivity contribution in [3.63, 3.8) is 0 Å². The van der Waals surface area contributed by atoms with Crippen molar-refractivity contribution in [2.24, 2.45) is 0 Å². The second kappa shape index (κ2) is 5.82. The van der Waals surface area contributed by atoms with E-state index in [2.05, 4.69) is 26.7 Å². The largest absolute Gasteiger partial charge is 0.309 e. The first-order valence-corrected chi connectivity index (χ1v) is 8.15. The summed E-state index contributed by atoms with van der Waals surface area (Å²) in [7, 11) is 0. The van der Waals surface area contributed by atoms with E-state index in [9.17, 15) is 4.79 Å². The SMILES string of the molecule is C=CCn1c(C)nnc1SCc1nc2ccsc2c(=O)[nH]1. The Bertz CT molecular complexity index is 848. The van der Waals surface area contributed by atoms with E-state index in [1.807, 2.05) is 22.9 Å². The molecule has 0 atom stereocenters. The van der Waals surface area contributed by atoms with Crippen molar-refractivity contribution < 1.29 is 0 Å². The topological polar surface area (TPSA) is 76.5 Å². The van der Waals surface area contributed by atoms with Crippen LogP contribution in [0.15, 0.2) is 34.1 Å². The Balaban J connectivity index is 1.83. The maximum Gasteiger partial charge on any atom is 0.268 e. The molecule has 0 spiro atoms. The predicted molar refractivity (Wildman–Crippen MR) is 84.8 cm³/mol. The minimum absolute atomic E-state index is 0.0886. The molecule has 0 aromatic carbocycles. The molecule has 0 radical (unpaired) electrons. The highest BCUT2D eigenvalue weighted by Gasteiger charge is 2.10. The summed E-state index contributed by atoms with van der Waals surface area (Å²) in [5.74, 6) is 2.02. The molecule has 0 saturated heterocycles. The molecule has 0 aliphatic heterocycles. The van der Waals surface area contributed by atoms with Crippen molar-refractivity contribution in [2.45, 2.75) is 24.4 Å². The lowest BCUT2D eigenvalue weighted by atomic mass is 10.4. The van der Waals surface area contributed by atoms with E-state index in [-0.39, 0.29) is 5.56 Å². The summed E-state index contributed by atoms with van der Waals surface area (Å²) in [6, 6.07) is 1.85. The average Bonchev–Trinajstić information content (AvgIpc) is 3.06. The van der Waals surface area contributed by atoms with Gasteiger partial charge >= 0.3 is 0 Å². The van der Waals surface area contributed by atoms with Crippen LogP contribution in [0.3, 0.4) is 0 Å². The fraction of sp³-hybridized carbons (Fsp3) is 0.231. The van der Waals surface area contributed by atoms with Crippen molar-refractivity contribution in [2.75, 3.05) is 0 Å². The number of aromatic nitrogens is 5. The predicted octanol–water partition coefficient (Wildman–Crippen LogP) is 2.36. The Kier molecular flexibility index (Phi) is 3.89. The highest BCUT2D eigenvalue weighted by atomic mass is 32.2. The fourth-order valence-electron chi connectivity index (χ4n) is 1.93. The van der Waals surface area contributed by atoms with E-state index in [1.54, 1.807) is 6.08 Å². The number of nitrogens with zero attached hydrogens (tertiary/aromatic N) is 4. The zero-order valence-corrected chi connectivity index (χ0v) is 13.0. The van der Waals surface area contributed by atoms with Gasteiger partial charge in [0.2, 0.25) is 0 Å². The summed E-state index contributed by atoms with van der Waals surface area (Å²) >= 11 is 2.89. The van der Waals surface area contributed by atoms with Crippen LogP contribution in [0.4, 0.5) is 0 Å². The summed E-state index contributed by atoms with van der Waals surface area (Å²) in [6.45, 7) is 6.29. The third kappa shape index (κ3) is 2.77. The summed E-state index contributed by atoms with van der Waals surface area (Å²) in [4.78, 5) is 19.2. The monoisotopic (exact) mass is 319 g/mol. The van der Waals surface area contributed by atoms with Crippen molar-refractivity contribution in [3.8, 4) is 0 Å². The Morgan fingerprint density at radius 1 is 1.52 bits per heavy atom. The van der Waals surface area contributed by atoms with E-state index in [4.69, 9.17) is 0 Å². The van der Waals surface area contributed by atoms with Crippen LogP contribution in [0, 0.1) is 6.92 Å². The summed E-state index contributed by atoms with van der Waals surface area (Å²) in [6.07, 6.45) is 1.80. The van der Waals surface area contributed by atoms with Crippen molar-refractivity contribution in [3.05, 3.63) is 46.1 Å². The molecular weight excluding hydrogens is 306 g/mol. The van der Waals surface area contributed by atoms with Gasteiger partial charge in [-0.3, -0.25) is 4.79 Å². The lowest BCUT2D eigenvalue weighted by Crippen LogP contribution is -2.09. The van der Waals surface area contributed by atoms with Crippen molar-refractivity contribution >= 4 is 33.3 Å². The summed E-state index contributed by atoms with van der Waals surface area (Å²) < 4.78 is 2.63. The van der Waals surface area contributed by atoms with Crippen LogP contribution in [-0.4, -0.2) is 24.7 Å². The average molecular weight is 319 g/mol. The molecule has 8 heteroatoms. The Hall–Kier alpha value is -1.93. The molecule has 6 nitrogen and oxygen atoms in total. The number of thiophene rings is 1. The van der Waals surface area contributed by atoms with Crippen LogP contribution in [0.5, 0.6) is 0 Å². The van der Waals surface area contributed by atoms with Crippen LogP contribution < -0.4 is 5.56 Å². The Morgan fingerprint density at radius 2 is 2.38 bits per heavy atom. The molecule has 0 amide bonds. The number of hydrogen-bond donors (Lipinski definition) is 1. The van der Waals surface area contributed by atoms with Gasteiger partial charge in [-0.1, -0.05) is 17.8 Å². The number of H-pyrrole nitrogens is 1. The summed E-state index contributed by atoms with van der Waals surface area (Å²) in [5.41, 5.74) is 0.650. The first kappa shape index (κ1) is 14.0. The number of rotatable bonds is 5.